The largest absolute Gasteiger partial charge is 0.314 e. The van der Waals surface area contributed by atoms with Crippen LogP contribution < -0.4 is 5.32 Å². The molecule has 1 nitrogen and oxygen atoms in total. The average molecular weight is 302 g/mol. The highest BCUT2D eigenvalue weighted by molar-refractivity contribution is 6.36. The fraction of sp³-hybridized carbons (Fsp3) is 0.625. The topological polar surface area (TPSA) is 12.0 Å². The number of halogens is 2. The number of nitrogens with one attached hydrogen (secondary N) is 1. The van der Waals surface area contributed by atoms with Crippen molar-refractivity contribution in [1.29, 1.82) is 0 Å². The van der Waals surface area contributed by atoms with Crippen LogP contribution >= 0.6 is 23.2 Å². The van der Waals surface area contributed by atoms with E-state index in [1.807, 2.05) is 18.2 Å². The van der Waals surface area contributed by atoms with Gasteiger partial charge in [0.15, 0.2) is 0 Å². The van der Waals surface area contributed by atoms with Crippen molar-refractivity contribution < 1.29 is 0 Å². The molecule has 19 heavy (non-hydrogen) atoms. The van der Waals surface area contributed by atoms with Gasteiger partial charge >= 0.3 is 0 Å². The Labute approximate surface area is 127 Å². The highest BCUT2D eigenvalue weighted by Crippen LogP contribution is 2.36. The molecule has 0 spiro atoms. The van der Waals surface area contributed by atoms with Gasteiger partial charge in [0.25, 0.3) is 0 Å². The Morgan fingerprint density at radius 3 is 2.05 bits per heavy atom. The molecule has 0 aliphatic rings. The second-order valence-corrected chi connectivity index (χ2v) is 6.43. The molecule has 1 rings (SSSR count). The predicted molar refractivity (Wildman–Crippen MR) is 86.3 cm³/mol. The van der Waals surface area contributed by atoms with E-state index in [1.165, 1.54) is 0 Å². The minimum absolute atomic E-state index is 0.221. The van der Waals surface area contributed by atoms with E-state index < -0.39 is 0 Å². The first-order valence-corrected chi connectivity index (χ1v) is 7.86. The van der Waals surface area contributed by atoms with Crippen molar-refractivity contribution in [3.63, 3.8) is 0 Å². The van der Waals surface area contributed by atoms with Gasteiger partial charge in [-0.15, -0.1) is 0 Å². The fourth-order valence-corrected chi connectivity index (χ4v) is 2.84. The van der Waals surface area contributed by atoms with Gasteiger partial charge in [-0.3, -0.25) is 0 Å². The summed E-state index contributed by atoms with van der Waals surface area (Å²) < 4.78 is 0. The maximum atomic E-state index is 6.31. The van der Waals surface area contributed by atoms with E-state index in [0.717, 1.165) is 41.4 Å². The zero-order chi connectivity index (χ0) is 14.5. The molecule has 0 atom stereocenters. The summed E-state index contributed by atoms with van der Waals surface area (Å²) in [6.45, 7) is 9.85. The zero-order valence-electron chi connectivity index (χ0n) is 12.4. The summed E-state index contributed by atoms with van der Waals surface area (Å²) in [4.78, 5) is 0. The van der Waals surface area contributed by atoms with Gasteiger partial charge < -0.3 is 5.32 Å². The number of rotatable bonds is 7. The van der Waals surface area contributed by atoms with Crippen LogP contribution in [-0.4, -0.2) is 12.6 Å². The average Bonchev–Trinajstić information content (AvgIpc) is 2.38. The van der Waals surface area contributed by atoms with Gasteiger partial charge in [0.05, 0.1) is 0 Å². The third-order valence-electron chi connectivity index (χ3n) is 4.00. The predicted octanol–water partition coefficient (Wildman–Crippen LogP) is 5.34. The highest BCUT2D eigenvalue weighted by atomic mass is 35.5. The van der Waals surface area contributed by atoms with Gasteiger partial charge in [-0.05, 0) is 42.4 Å². The molecule has 0 bridgehead atoms. The van der Waals surface area contributed by atoms with Gasteiger partial charge in [0.1, 0.15) is 0 Å². The van der Waals surface area contributed by atoms with Crippen LogP contribution in [0, 0.1) is 5.41 Å². The monoisotopic (exact) mass is 301 g/mol. The number of benzene rings is 1. The van der Waals surface area contributed by atoms with Gasteiger partial charge in [-0.25, -0.2) is 0 Å². The van der Waals surface area contributed by atoms with Crippen LogP contribution in [0.3, 0.4) is 0 Å². The van der Waals surface area contributed by atoms with Crippen LogP contribution in [0.2, 0.25) is 10.0 Å². The minimum atomic E-state index is 0.221. The van der Waals surface area contributed by atoms with Crippen molar-refractivity contribution in [2.24, 2.45) is 5.41 Å². The van der Waals surface area contributed by atoms with Crippen molar-refractivity contribution in [3.05, 3.63) is 33.8 Å². The van der Waals surface area contributed by atoms with E-state index in [4.69, 9.17) is 23.2 Å². The van der Waals surface area contributed by atoms with Crippen LogP contribution in [-0.2, 0) is 6.42 Å². The van der Waals surface area contributed by atoms with E-state index in [1.54, 1.807) is 0 Å². The van der Waals surface area contributed by atoms with Crippen LogP contribution in [0.5, 0.6) is 0 Å². The Balaban J connectivity index is 2.94. The van der Waals surface area contributed by atoms with Crippen molar-refractivity contribution in [1.82, 2.24) is 5.32 Å². The molecule has 0 radical (unpaired) electrons. The molecule has 0 fully saturated rings. The third kappa shape index (κ3) is 4.66. The van der Waals surface area contributed by atoms with Crippen molar-refractivity contribution >= 4 is 23.2 Å². The van der Waals surface area contributed by atoms with Gasteiger partial charge in [0.2, 0.25) is 0 Å². The summed E-state index contributed by atoms with van der Waals surface area (Å²) in [5, 5.41) is 5.12. The smallest absolute Gasteiger partial charge is 0.0453 e. The summed E-state index contributed by atoms with van der Waals surface area (Å²) in [5.74, 6) is 0. The Hall–Kier alpha value is -0.240. The molecule has 3 heteroatoms. The maximum Gasteiger partial charge on any atom is 0.0453 e. The minimum Gasteiger partial charge on any atom is -0.314 e. The standard InChI is InChI=1S/C16H25Cl2N/c1-5-16(6-2,11-19-12(3)4)10-13-14(17)8-7-9-15(13)18/h7-9,12,19H,5-6,10-11H2,1-4H3. The molecule has 0 unspecified atom stereocenters. The lowest BCUT2D eigenvalue weighted by Gasteiger charge is -2.34. The third-order valence-corrected chi connectivity index (χ3v) is 4.71. The van der Waals surface area contributed by atoms with E-state index in [2.05, 4.69) is 33.0 Å². The second-order valence-electron chi connectivity index (χ2n) is 5.62. The SMILES string of the molecule is CCC(CC)(CNC(C)C)Cc1c(Cl)cccc1Cl. The first kappa shape index (κ1) is 16.8. The molecule has 0 aromatic heterocycles. The molecule has 0 heterocycles. The summed E-state index contributed by atoms with van der Waals surface area (Å²) in [6, 6.07) is 6.25. The van der Waals surface area contributed by atoms with E-state index in [0.29, 0.717) is 6.04 Å². The van der Waals surface area contributed by atoms with E-state index in [9.17, 15) is 0 Å². The normalized spacial score (nSPS) is 12.2. The quantitative estimate of drug-likeness (QED) is 0.717. The molecule has 1 aromatic carbocycles. The lowest BCUT2D eigenvalue weighted by Crippen LogP contribution is -2.38. The van der Waals surface area contributed by atoms with Crippen LogP contribution in [0.25, 0.3) is 0 Å². The zero-order valence-corrected chi connectivity index (χ0v) is 13.9. The first-order valence-electron chi connectivity index (χ1n) is 7.10. The lowest BCUT2D eigenvalue weighted by molar-refractivity contribution is 0.239. The summed E-state index contributed by atoms with van der Waals surface area (Å²) in [6.07, 6.45) is 3.16. The summed E-state index contributed by atoms with van der Waals surface area (Å²) >= 11 is 12.6. The van der Waals surface area contributed by atoms with Crippen molar-refractivity contribution in [2.45, 2.75) is 53.0 Å². The van der Waals surface area contributed by atoms with Crippen LogP contribution in [0.4, 0.5) is 0 Å². The number of hydrogen-bond acceptors (Lipinski definition) is 1. The van der Waals surface area contributed by atoms with Crippen molar-refractivity contribution in [3.8, 4) is 0 Å². The molecule has 1 N–H and O–H groups in total. The molecular weight excluding hydrogens is 277 g/mol. The number of hydrogen-bond donors (Lipinski definition) is 1. The first-order chi connectivity index (χ1) is 8.94. The molecule has 0 amide bonds. The second kappa shape index (κ2) is 7.52. The fourth-order valence-electron chi connectivity index (χ4n) is 2.31. The molecule has 0 aliphatic carbocycles. The highest BCUT2D eigenvalue weighted by Gasteiger charge is 2.28. The lowest BCUT2D eigenvalue weighted by atomic mass is 9.76. The molecule has 0 saturated carbocycles. The van der Waals surface area contributed by atoms with Crippen LogP contribution in [0.1, 0.15) is 46.1 Å². The molecule has 0 saturated heterocycles. The molecular formula is C16H25Cl2N. The Morgan fingerprint density at radius 1 is 1.11 bits per heavy atom. The Kier molecular flexibility index (Phi) is 6.65. The van der Waals surface area contributed by atoms with E-state index in [-0.39, 0.29) is 5.41 Å². The molecule has 0 aliphatic heterocycles. The maximum absolute atomic E-state index is 6.31. The van der Waals surface area contributed by atoms with Gasteiger partial charge in [-0.2, -0.15) is 0 Å². The van der Waals surface area contributed by atoms with Gasteiger partial charge in [0, 0.05) is 22.6 Å². The molecule has 108 valence electrons. The summed E-state index contributed by atoms with van der Waals surface area (Å²) in [7, 11) is 0. The molecule has 1 aromatic rings. The van der Waals surface area contributed by atoms with Gasteiger partial charge in [-0.1, -0.05) is 57.0 Å². The van der Waals surface area contributed by atoms with E-state index >= 15 is 0 Å². The van der Waals surface area contributed by atoms with Crippen LogP contribution in [0.15, 0.2) is 18.2 Å². The summed E-state index contributed by atoms with van der Waals surface area (Å²) in [5.41, 5.74) is 1.30. The Morgan fingerprint density at radius 2 is 1.63 bits per heavy atom. The van der Waals surface area contributed by atoms with Crippen molar-refractivity contribution in [2.75, 3.05) is 6.54 Å². The Bertz CT molecular complexity index is 377.